The Morgan fingerprint density at radius 3 is 2.50 bits per heavy atom. The second-order valence-corrected chi connectivity index (χ2v) is 4.08. The van der Waals surface area contributed by atoms with E-state index in [1.165, 1.54) is 0 Å². The van der Waals surface area contributed by atoms with Crippen molar-refractivity contribution >= 4 is 5.95 Å². The first kappa shape index (κ1) is 12.9. The number of halogens is 3. The Labute approximate surface area is 102 Å². The zero-order valence-corrected chi connectivity index (χ0v) is 9.50. The lowest BCUT2D eigenvalue weighted by atomic mass is 10.3. The highest BCUT2D eigenvalue weighted by Crippen LogP contribution is 2.31. The highest BCUT2D eigenvalue weighted by Gasteiger charge is 2.34. The van der Waals surface area contributed by atoms with Gasteiger partial charge in [-0.2, -0.15) is 18.2 Å². The van der Waals surface area contributed by atoms with Crippen LogP contribution < -0.4 is 16.0 Å². The summed E-state index contributed by atoms with van der Waals surface area (Å²) in [5.74, 6) is 4.63. The van der Waals surface area contributed by atoms with Gasteiger partial charge in [0.2, 0.25) is 11.8 Å². The molecule has 1 fully saturated rings. The van der Waals surface area contributed by atoms with E-state index in [1.54, 1.807) is 0 Å². The maximum absolute atomic E-state index is 12.6. The molecule has 0 spiro atoms. The number of nitrogens with zero attached hydrogens (tertiary/aromatic N) is 2. The molecule has 1 aromatic rings. The number of hydrogen-bond donors (Lipinski definition) is 2. The lowest BCUT2D eigenvalue weighted by molar-refractivity contribution is -0.141. The van der Waals surface area contributed by atoms with Gasteiger partial charge in [0.05, 0.1) is 0 Å². The van der Waals surface area contributed by atoms with Gasteiger partial charge < -0.3 is 4.74 Å². The average molecular weight is 262 g/mol. The summed E-state index contributed by atoms with van der Waals surface area (Å²) < 4.78 is 43.2. The van der Waals surface area contributed by atoms with Gasteiger partial charge in [-0.1, -0.05) is 0 Å². The molecule has 0 atom stereocenters. The summed E-state index contributed by atoms with van der Waals surface area (Å²) in [7, 11) is 0. The molecule has 2 rings (SSSR count). The highest BCUT2D eigenvalue weighted by molar-refractivity contribution is 5.30. The first-order chi connectivity index (χ1) is 8.49. The van der Waals surface area contributed by atoms with Crippen LogP contribution in [0.4, 0.5) is 19.1 Å². The Morgan fingerprint density at radius 1 is 1.28 bits per heavy atom. The molecule has 8 heteroatoms. The third-order valence-electron chi connectivity index (χ3n) is 2.71. The smallest absolute Gasteiger partial charge is 0.433 e. The lowest BCUT2D eigenvalue weighted by Gasteiger charge is -2.14. The largest absolute Gasteiger partial charge is 0.474 e. The molecule has 3 N–H and O–H groups in total. The Hall–Kier alpha value is -1.57. The minimum absolute atomic E-state index is 0.0772. The molecule has 0 bridgehead atoms. The van der Waals surface area contributed by atoms with Gasteiger partial charge in [0.1, 0.15) is 6.10 Å². The number of anilines is 1. The fourth-order valence-electron chi connectivity index (χ4n) is 1.87. The predicted octanol–water partition coefficient (Wildman–Crippen LogP) is 2.10. The first-order valence-electron chi connectivity index (χ1n) is 5.58. The van der Waals surface area contributed by atoms with Crippen LogP contribution in [0.3, 0.4) is 0 Å². The highest BCUT2D eigenvalue weighted by atomic mass is 19.4. The number of nitrogens with two attached hydrogens (primary N) is 1. The van der Waals surface area contributed by atoms with Crippen LogP contribution in [0.5, 0.6) is 5.88 Å². The van der Waals surface area contributed by atoms with Gasteiger partial charge in [-0.05, 0) is 25.7 Å². The molecule has 1 aliphatic rings. The summed E-state index contributed by atoms with van der Waals surface area (Å²) in [4.78, 5) is 7.00. The molecular weight excluding hydrogens is 249 g/mol. The average Bonchev–Trinajstić information content (AvgIpc) is 2.80. The summed E-state index contributed by atoms with van der Waals surface area (Å²) in [6.45, 7) is 0. The molecule has 100 valence electrons. The zero-order chi connectivity index (χ0) is 13.2. The van der Waals surface area contributed by atoms with E-state index in [9.17, 15) is 13.2 Å². The van der Waals surface area contributed by atoms with E-state index in [-0.39, 0.29) is 17.9 Å². The number of hydrogen-bond acceptors (Lipinski definition) is 5. The van der Waals surface area contributed by atoms with Crippen molar-refractivity contribution in [2.24, 2.45) is 5.84 Å². The molecule has 0 amide bonds. The molecule has 1 heterocycles. The van der Waals surface area contributed by atoms with E-state index >= 15 is 0 Å². The number of hydrazine groups is 1. The third kappa shape index (κ3) is 3.00. The van der Waals surface area contributed by atoms with Crippen LogP contribution in [0.15, 0.2) is 6.07 Å². The van der Waals surface area contributed by atoms with Gasteiger partial charge >= 0.3 is 6.18 Å². The van der Waals surface area contributed by atoms with Crippen molar-refractivity contribution < 1.29 is 17.9 Å². The van der Waals surface area contributed by atoms with Gasteiger partial charge in [-0.15, -0.1) is 0 Å². The van der Waals surface area contributed by atoms with E-state index < -0.39 is 11.9 Å². The van der Waals surface area contributed by atoms with Gasteiger partial charge in [0.25, 0.3) is 0 Å². The SMILES string of the molecule is NNc1nc(OC2CCCC2)cc(C(F)(F)F)n1. The molecule has 18 heavy (non-hydrogen) atoms. The molecule has 1 aromatic heterocycles. The molecule has 0 unspecified atom stereocenters. The van der Waals surface area contributed by atoms with Crippen molar-refractivity contribution in [3.8, 4) is 5.88 Å². The maximum atomic E-state index is 12.6. The van der Waals surface area contributed by atoms with Crippen LogP contribution >= 0.6 is 0 Å². The molecule has 0 radical (unpaired) electrons. The van der Waals surface area contributed by atoms with Crippen LogP contribution in [0.1, 0.15) is 31.4 Å². The molecular formula is C10H13F3N4O. The van der Waals surface area contributed by atoms with Crippen LogP contribution in [0, 0.1) is 0 Å². The van der Waals surface area contributed by atoms with Gasteiger partial charge in [-0.3, -0.25) is 5.43 Å². The summed E-state index contributed by atoms with van der Waals surface area (Å²) in [6.07, 6.45) is -0.935. The second-order valence-electron chi connectivity index (χ2n) is 4.08. The minimum atomic E-state index is -4.55. The topological polar surface area (TPSA) is 73.1 Å². The number of nitrogens with one attached hydrogen (secondary N) is 1. The molecule has 0 aliphatic heterocycles. The van der Waals surface area contributed by atoms with E-state index in [1.807, 2.05) is 5.43 Å². The van der Waals surface area contributed by atoms with Crippen molar-refractivity contribution in [1.82, 2.24) is 9.97 Å². The summed E-state index contributed by atoms with van der Waals surface area (Å²) in [5.41, 5.74) is 0.932. The van der Waals surface area contributed by atoms with Crippen molar-refractivity contribution in [1.29, 1.82) is 0 Å². The molecule has 1 aliphatic carbocycles. The fourth-order valence-corrected chi connectivity index (χ4v) is 1.87. The summed E-state index contributed by atoms with van der Waals surface area (Å²) in [5, 5.41) is 0. The van der Waals surface area contributed by atoms with Crippen LogP contribution in [0.2, 0.25) is 0 Å². The monoisotopic (exact) mass is 262 g/mol. The molecule has 5 nitrogen and oxygen atoms in total. The number of alkyl halides is 3. The Kier molecular flexibility index (Phi) is 3.55. The number of aromatic nitrogens is 2. The van der Waals surface area contributed by atoms with Crippen molar-refractivity contribution in [2.75, 3.05) is 5.43 Å². The summed E-state index contributed by atoms with van der Waals surface area (Å²) >= 11 is 0. The Bertz CT molecular complexity index is 418. The van der Waals surface area contributed by atoms with Crippen molar-refractivity contribution in [2.45, 2.75) is 38.0 Å². The minimum Gasteiger partial charge on any atom is -0.474 e. The number of nitrogen functional groups attached to an aromatic ring is 1. The van der Waals surface area contributed by atoms with Gasteiger partial charge in [0, 0.05) is 6.07 Å². The fraction of sp³-hybridized carbons (Fsp3) is 0.600. The lowest BCUT2D eigenvalue weighted by Crippen LogP contribution is -2.18. The van der Waals surface area contributed by atoms with E-state index in [0.29, 0.717) is 0 Å². The zero-order valence-electron chi connectivity index (χ0n) is 9.50. The molecule has 1 saturated carbocycles. The standard InChI is InChI=1S/C10H13F3N4O/c11-10(12,13)7-5-8(16-9(15-7)17-14)18-6-3-1-2-4-6/h5-6H,1-4,14H2,(H,15,16,17). The third-order valence-corrected chi connectivity index (χ3v) is 2.71. The van der Waals surface area contributed by atoms with Crippen LogP contribution in [-0.4, -0.2) is 16.1 Å². The Balaban J connectivity index is 2.23. The summed E-state index contributed by atoms with van der Waals surface area (Å²) in [6, 6.07) is 0.791. The van der Waals surface area contributed by atoms with E-state index in [4.69, 9.17) is 10.6 Å². The molecule has 0 aromatic carbocycles. The van der Waals surface area contributed by atoms with E-state index in [0.717, 1.165) is 31.7 Å². The predicted molar refractivity (Wildman–Crippen MR) is 57.7 cm³/mol. The normalized spacial score (nSPS) is 16.9. The van der Waals surface area contributed by atoms with Crippen LogP contribution in [0.25, 0.3) is 0 Å². The van der Waals surface area contributed by atoms with Gasteiger partial charge in [-0.25, -0.2) is 10.8 Å². The quantitative estimate of drug-likeness (QED) is 0.644. The first-order valence-corrected chi connectivity index (χ1v) is 5.58. The van der Waals surface area contributed by atoms with Crippen molar-refractivity contribution in [3.63, 3.8) is 0 Å². The van der Waals surface area contributed by atoms with Gasteiger partial charge in [0.15, 0.2) is 5.69 Å². The second kappa shape index (κ2) is 4.97. The van der Waals surface area contributed by atoms with Crippen molar-refractivity contribution in [3.05, 3.63) is 11.8 Å². The number of ether oxygens (including phenoxy) is 1. The molecule has 0 saturated heterocycles. The number of rotatable bonds is 3. The maximum Gasteiger partial charge on any atom is 0.433 e. The van der Waals surface area contributed by atoms with E-state index in [2.05, 4.69) is 9.97 Å². The Morgan fingerprint density at radius 2 is 1.94 bits per heavy atom. The van der Waals surface area contributed by atoms with Crippen LogP contribution in [-0.2, 0) is 6.18 Å².